The molecule has 0 aliphatic heterocycles. The van der Waals surface area contributed by atoms with Gasteiger partial charge in [-0.05, 0) is 36.4 Å². The summed E-state index contributed by atoms with van der Waals surface area (Å²) in [6.07, 6.45) is 1.30. The second-order valence-electron chi connectivity index (χ2n) is 5.03. The van der Waals surface area contributed by atoms with Crippen molar-refractivity contribution in [1.82, 2.24) is 9.97 Å². The van der Waals surface area contributed by atoms with E-state index >= 15 is 0 Å². The fourth-order valence-corrected chi connectivity index (χ4v) is 2.23. The summed E-state index contributed by atoms with van der Waals surface area (Å²) in [5, 5.41) is 15.5. The van der Waals surface area contributed by atoms with Crippen LogP contribution in [0.25, 0.3) is 0 Å². The third-order valence-electron chi connectivity index (χ3n) is 3.31. The van der Waals surface area contributed by atoms with Crippen molar-refractivity contribution in [2.45, 2.75) is 0 Å². The van der Waals surface area contributed by atoms with E-state index in [4.69, 9.17) is 16.9 Å². The molecule has 2 aromatic carbocycles. The number of nitrogens with zero attached hydrogens (tertiary/aromatic N) is 3. The fraction of sp³-hybridized carbons (Fsp3) is 0. The molecule has 25 heavy (non-hydrogen) atoms. The Morgan fingerprint density at radius 2 is 1.84 bits per heavy atom. The molecule has 0 saturated heterocycles. The normalized spacial score (nSPS) is 9.92. The lowest BCUT2D eigenvalue weighted by Crippen LogP contribution is -2.15. The van der Waals surface area contributed by atoms with Crippen LogP contribution in [0.1, 0.15) is 16.1 Å². The number of nitrogens with one attached hydrogen (secondary N) is 2. The van der Waals surface area contributed by atoms with E-state index in [-0.39, 0.29) is 5.69 Å². The van der Waals surface area contributed by atoms with Gasteiger partial charge >= 0.3 is 0 Å². The van der Waals surface area contributed by atoms with Gasteiger partial charge in [0.2, 0.25) is 0 Å². The molecule has 0 atom stereocenters. The summed E-state index contributed by atoms with van der Waals surface area (Å²) in [5.41, 5.74) is 1.77. The Labute approximate surface area is 149 Å². The van der Waals surface area contributed by atoms with E-state index in [2.05, 4.69) is 20.6 Å². The summed E-state index contributed by atoms with van der Waals surface area (Å²) < 4.78 is 0. The first-order chi connectivity index (χ1) is 12.2. The molecular weight excluding hydrogens is 338 g/mol. The Balaban J connectivity index is 1.77. The van der Waals surface area contributed by atoms with Gasteiger partial charge in [-0.1, -0.05) is 23.7 Å². The number of nitriles is 1. The molecule has 122 valence electrons. The van der Waals surface area contributed by atoms with Crippen LogP contribution in [0.3, 0.4) is 0 Å². The molecule has 0 aliphatic rings. The number of carbonyl (C=O) groups is 1. The van der Waals surface area contributed by atoms with Crippen molar-refractivity contribution < 1.29 is 4.79 Å². The number of amides is 1. The quantitative estimate of drug-likeness (QED) is 0.743. The van der Waals surface area contributed by atoms with Gasteiger partial charge in [0.15, 0.2) is 0 Å². The predicted octanol–water partition coefficient (Wildman–Crippen LogP) is 4.00. The van der Waals surface area contributed by atoms with E-state index in [1.54, 1.807) is 48.5 Å². The van der Waals surface area contributed by atoms with E-state index in [1.807, 2.05) is 6.07 Å². The molecule has 0 unspecified atom stereocenters. The van der Waals surface area contributed by atoms with E-state index < -0.39 is 5.91 Å². The highest BCUT2D eigenvalue weighted by Gasteiger charge is 2.11. The number of anilines is 3. The predicted molar refractivity (Wildman–Crippen MR) is 95.9 cm³/mol. The second kappa shape index (κ2) is 7.43. The molecule has 1 aromatic heterocycles. The number of hydrogen-bond donors (Lipinski definition) is 2. The third kappa shape index (κ3) is 4.10. The van der Waals surface area contributed by atoms with Crippen LogP contribution in [-0.4, -0.2) is 15.9 Å². The van der Waals surface area contributed by atoms with Crippen LogP contribution < -0.4 is 10.6 Å². The molecular formula is C18H12ClN5O. The lowest BCUT2D eigenvalue weighted by molar-refractivity contribution is 0.102. The highest BCUT2D eigenvalue weighted by molar-refractivity contribution is 6.30. The molecule has 6 nitrogen and oxygen atoms in total. The maximum Gasteiger partial charge on any atom is 0.274 e. The highest BCUT2D eigenvalue weighted by atomic mass is 35.5. The summed E-state index contributed by atoms with van der Waals surface area (Å²) in [4.78, 5) is 20.4. The largest absolute Gasteiger partial charge is 0.340 e. The summed E-state index contributed by atoms with van der Waals surface area (Å²) in [7, 11) is 0. The lowest BCUT2D eigenvalue weighted by Gasteiger charge is -2.08. The maximum atomic E-state index is 12.4. The molecule has 1 amide bonds. The van der Waals surface area contributed by atoms with Crippen LogP contribution in [0.15, 0.2) is 60.9 Å². The molecule has 0 spiro atoms. The van der Waals surface area contributed by atoms with E-state index in [0.717, 1.165) is 5.69 Å². The molecule has 1 heterocycles. The summed E-state index contributed by atoms with van der Waals surface area (Å²) in [6.45, 7) is 0. The molecule has 3 aromatic rings. The molecule has 0 bridgehead atoms. The van der Waals surface area contributed by atoms with Crippen LogP contribution in [0.4, 0.5) is 17.2 Å². The van der Waals surface area contributed by atoms with Gasteiger partial charge in [-0.3, -0.25) is 4.79 Å². The molecule has 0 saturated carbocycles. The molecule has 3 rings (SSSR count). The average Bonchev–Trinajstić information content (AvgIpc) is 2.64. The van der Waals surface area contributed by atoms with Crippen LogP contribution in [0.2, 0.25) is 5.02 Å². The van der Waals surface area contributed by atoms with Crippen molar-refractivity contribution in [3.8, 4) is 6.07 Å². The summed E-state index contributed by atoms with van der Waals surface area (Å²) >= 11 is 5.85. The van der Waals surface area contributed by atoms with Gasteiger partial charge in [0, 0.05) is 16.8 Å². The van der Waals surface area contributed by atoms with Gasteiger partial charge in [-0.25, -0.2) is 9.97 Å². The smallest absolute Gasteiger partial charge is 0.274 e. The number of halogens is 1. The van der Waals surface area contributed by atoms with Crippen molar-refractivity contribution in [3.05, 3.63) is 77.2 Å². The topological polar surface area (TPSA) is 90.7 Å². The molecule has 2 N–H and O–H groups in total. The Bertz CT molecular complexity index is 950. The van der Waals surface area contributed by atoms with Gasteiger partial charge in [0.05, 0.1) is 11.3 Å². The zero-order valence-electron chi connectivity index (χ0n) is 12.9. The SMILES string of the molecule is N#Cc1ccccc1NC(=O)c1cc(Nc2ccc(Cl)cc2)ncn1. The number of aromatic nitrogens is 2. The Hall–Kier alpha value is -3.43. The minimum atomic E-state index is -0.427. The highest BCUT2D eigenvalue weighted by Crippen LogP contribution is 2.19. The van der Waals surface area contributed by atoms with Gasteiger partial charge in [-0.2, -0.15) is 5.26 Å². The number of rotatable bonds is 4. The average molecular weight is 350 g/mol. The number of carbonyl (C=O) groups excluding carboxylic acids is 1. The van der Waals surface area contributed by atoms with E-state index in [0.29, 0.717) is 22.1 Å². The first-order valence-electron chi connectivity index (χ1n) is 7.31. The minimum absolute atomic E-state index is 0.180. The Morgan fingerprint density at radius 3 is 2.60 bits per heavy atom. The lowest BCUT2D eigenvalue weighted by atomic mass is 10.2. The van der Waals surface area contributed by atoms with Crippen LogP contribution >= 0.6 is 11.6 Å². The Kier molecular flexibility index (Phi) is 4.88. The van der Waals surface area contributed by atoms with Gasteiger partial charge in [0.1, 0.15) is 23.9 Å². The maximum absolute atomic E-state index is 12.4. The van der Waals surface area contributed by atoms with Crippen LogP contribution in [0.5, 0.6) is 0 Å². The van der Waals surface area contributed by atoms with E-state index in [9.17, 15) is 4.79 Å². The van der Waals surface area contributed by atoms with Crippen LogP contribution in [0, 0.1) is 11.3 Å². The molecule has 0 aliphatic carbocycles. The van der Waals surface area contributed by atoms with Crippen molar-refractivity contribution >= 4 is 34.7 Å². The number of hydrogen-bond acceptors (Lipinski definition) is 5. The standard InChI is InChI=1S/C18H12ClN5O/c19-13-5-7-14(8-6-13)23-17-9-16(21-11-22-17)18(25)24-15-4-2-1-3-12(15)10-20/h1-9,11H,(H,24,25)(H,21,22,23). The zero-order valence-corrected chi connectivity index (χ0v) is 13.7. The fourth-order valence-electron chi connectivity index (χ4n) is 2.11. The number of para-hydroxylation sites is 1. The third-order valence-corrected chi connectivity index (χ3v) is 3.56. The monoisotopic (exact) mass is 349 g/mol. The van der Waals surface area contributed by atoms with Crippen molar-refractivity contribution in [1.29, 1.82) is 5.26 Å². The van der Waals surface area contributed by atoms with Gasteiger partial charge in [-0.15, -0.1) is 0 Å². The van der Waals surface area contributed by atoms with Crippen molar-refractivity contribution in [3.63, 3.8) is 0 Å². The van der Waals surface area contributed by atoms with Crippen LogP contribution in [-0.2, 0) is 0 Å². The van der Waals surface area contributed by atoms with Gasteiger partial charge < -0.3 is 10.6 Å². The zero-order chi connectivity index (χ0) is 17.6. The van der Waals surface area contributed by atoms with Crippen molar-refractivity contribution in [2.75, 3.05) is 10.6 Å². The van der Waals surface area contributed by atoms with Gasteiger partial charge in [0.25, 0.3) is 5.91 Å². The van der Waals surface area contributed by atoms with E-state index in [1.165, 1.54) is 12.4 Å². The number of benzene rings is 2. The summed E-state index contributed by atoms with van der Waals surface area (Å²) in [6, 6.07) is 17.4. The molecule has 7 heteroatoms. The Morgan fingerprint density at radius 1 is 1.08 bits per heavy atom. The second-order valence-corrected chi connectivity index (χ2v) is 5.47. The first kappa shape index (κ1) is 16.4. The first-order valence-corrected chi connectivity index (χ1v) is 7.68. The minimum Gasteiger partial charge on any atom is -0.340 e. The van der Waals surface area contributed by atoms with Crippen molar-refractivity contribution in [2.24, 2.45) is 0 Å². The molecule has 0 radical (unpaired) electrons. The summed E-state index contributed by atoms with van der Waals surface area (Å²) in [5.74, 6) is 0.0419. The molecule has 0 fully saturated rings.